The van der Waals surface area contributed by atoms with Crippen LogP contribution in [0.15, 0.2) is 0 Å². The van der Waals surface area contributed by atoms with Crippen molar-refractivity contribution in [1.82, 2.24) is 0 Å². The summed E-state index contributed by atoms with van der Waals surface area (Å²) in [6.45, 7) is 0. The van der Waals surface area contributed by atoms with E-state index in [1.165, 1.54) is 0 Å². The van der Waals surface area contributed by atoms with Crippen LogP contribution in [0.3, 0.4) is 0 Å². The van der Waals surface area contributed by atoms with Gasteiger partial charge in [0.15, 0.2) is 5.96 Å². The van der Waals surface area contributed by atoms with E-state index in [-0.39, 0.29) is 124 Å². The topological polar surface area (TPSA) is 609 Å². The number of nitro groups is 6. The van der Waals surface area contributed by atoms with E-state index in [0.717, 1.165) is 0 Å². The van der Waals surface area contributed by atoms with Crippen molar-refractivity contribution >= 4 is 5.96 Å². The van der Waals surface area contributed by atoms with Crippen molar-refractivity contribution in [2.75, 3.05) is 0 Å². The Morgan fingerprint density at radius 3 is 0.487 bits per heavy atom. The Bertz CT molecular complexity index is 614. The van der Waals surface area contributed by atoms with Crippen molar-refractivity contribution < 1.29 is 159 Å². The summed E-state index contributed by atoms with van der Waals surface area (Å²) < 4.78 is -19.6. The maximum absolute atomic E-state index is 10.5. The number of hydrazine groups is 4. The molecular formula is CH21CoN18Na4O15. The first kappa shape index (κ1) is 71.4. The molecule has 0 amide bonds. The number of nitrogens with zero attached hydrogens (tertiary/aromatic N) is 7. The van der Waals surface area contributed by atoms with Gasteiger partial charge in [-0.25, -0.2) is 0 Å². The van der Waals surface area contributed by atoms with Gasteiger partial charge in [0.25, 0.3) is 0 Å². The summed E-state index contributed by atoms with van der Waals surface area (Å²) in [5.74, 6) is 31.7. The molecule has 38 heteroatoms. The number of hydrogen-bond acceptors (Lipinski definition) is 24. The normalized spacial score (nSPS) is 8.92. The molecule has 0 aliphatic carbocycles. The van der Waals surface area contributed by atoms with E-state index in [1.54, 1.807) is 0 Å². The quantitative estimate of drug-likeness (QED) is 0.0310. The Morgan fingerprint density at radius 2 is 0.487 bits per heavy atom. The van der Waals surface area contributed by atoms with Gasteiger partial charge in [0.2, 0.25) is 0 Å². The van der Waals surface area contributed by atoms with Crippen LogP contribution in [0.2, 0.25) is 0 Å². The molecule has 0 aliphatic heterocycles. The number of guanidine groups is 1. The summed E-state index contributed by atoms with van der Waals surface area (Å²) in [5.41, 5.74) is 8.94. The molecule has 33 nitrogen and oxygen atoms in total. The van der Waals surface area contributed by atoms with Crippen molar-refractivity contribution in [2.24, 2.45) is 58.2 Å². The molecule has 0 atom stereocenters. The average molecular weight is 676 g/mol. The van der Waals surface area contributed by atoms with Crippen LogP contribution in [-0.4, -0.2) is 34.9 Å². The predicted octanol–water partition coefficient (Wildman–Crippen LogP) is -19.7. The van der Waals surface area contributed by atoms with E-state index in [1.807, 2.05) is 0 Å². The Balaban J connectivity index is -0.0000000367. The smallest absolute Gasteiger partial charge is 0.356 e. The molecule has 0 rings (SSSR count). The second-order valence-electron chi connectivity index (χ2n) is 2.86. The van der Waals surface area contributed by atoms with Gasteiger partial charge >= 0.3 is 215 Å². The third-order valence-corrected chi connectivity index (χ3v) is 6.73. The Hall–Kier alpha value is -0.944. The van der Waals surface area contributed by atoms with Crippen LogP contribution in [0.25, 0.3) is 0 Å². The van der Waals surface area contributed by atoms with Gasteiger partial charge in [-0.3, -0.25) is 52.2 Å². The average Bonchev–Trinajstić information content (AvgIpc) is 2.73. The second-order valence-corrected chi connectivity index (χ2v) is 8.26. The van der Waals surface area contributed by atoms with E-state index in [0.29, 0.717) is 0 Å². The van der Waals surface area contributed by atoms with Gasteiger partial charge in [0, 0.05) is 0 Å². The van der Waals surface area contributed by atoms with Crippen LogP contribution in [-0.2, 0) is 11.8 Å². The van der Waals surface area contributed by atoms with Crippen molar-refractivity contribution in [3.8, 4) is 0 Å². The molecular weight excluding hydrogens is 655 g/mol. The van der Waals surface area contributed by atoms with Crippen LogP contribution in [0.1, 0.15) is 0 Å². The minimum atomic E-state index is -10.3. The van der Waals surface area contributed by atoms with Crippen LogP contribution in [0, 0.1) is 81.4 Å². The third-order valence-electron chi connectivity index (χ3n) is 1.63. The fraction of sp³-hybridized carbons (Fsp3) is 0. The van der Waals surface area contributed by atoms with Gasteiger partial charge in [-0.05, 0) is 0 Å². The number of hydrogen-bond donors (Lipinski definition) is 11. The van der Waals surface area contributed by atoms with E-state index in [4.69, 9.17) is 20.7 Å². The summed E-state index contributed by atoms with van der Waals surface area (Å²) in [6, 6.07) is 0. The van der Waals surface area contributed by atoms with Crippen molar-refractivity contribution in [2.45, 2.75) is 0 Å². The van der Waals surface area contributed by atoms with Gasteiger partial charge in [0.05, 0.1) is 5.09 Å². The van der Waals surface area contributed by atoms with E-state index < -0.39 is 40.7 Å². The number of rotatable bonds is 6. The number of nitrogens with two attached hydrogens (primary N) is 10. The zero-order valence-corrected chi connectivity index (χ0v) is 29.4. The molecule has 0 heterocycles. The first-order chi connectivity index (χ1) is 15.8. The third kappa shape index (κ3) is 13.1. The molecule has 0 spiro atoms. The van der Waals surface area contributed by atoms with Gasteiger partial charge in [-0.1, -0.05) is 0 Å². The molecule has 0 radical (unpaired) electrons. The molecule has 21 N–H and O–H groups in total. The Kier molecular flexibility index (Phi) is 60.9. The molecule has 0 aromatic heterocycles. The molecule has 0 fully saturated rings. The molecule has 0 bridgehead atoms. The van der Waals surface area contributed by atoms with Gasteiger partial charge < -0.3 is 26.8 Å². The molecule has 0 unspecified atom stereocenters. The summed E-state index contributed by atoms with van der Waals surface area (Å²) in [7, 11) is 0. The molecule has 0 aliphatic rings. The molecule has 218 valence electrons. The minimum Gasteiger partial charge on any atom is -0.356 e. The molecule has 0 saturated carbocycles. The maximum atomic E-state index is 10.5. The van der Waals surface area contributed by atoms with E-state index in [2.05, 4.69) is 58.2 Å². The van der Waals surface area contributed by atoms with Crippen molar-refractivity contribution in [3.63, 3.8) is 0 Å². The van der Waals surface area contributed by atoms with Crippen LogP contribution < -0.4 is 176 Å². The van der Waals surface area contributed by atoms with Crippen molar-refractivity contribution in [3.05, 3.63) is 76.0 Å². The zero-order chi connectivity index (χ0) is 31.0. The molecule has 39 heavy (non-hydrogen) atoms. The van der Waals surface area contributed by atoms with Gasteiger partial charge in [0.1, 0.15) is 0 Å². The van der Waals surface area contributed by atoms with Crippen LogP contribution in [0.5, 0.6) is 0 Å². The second kappa shape index (κ2) is 33.3. The fourth-order valence-corrected chi connectivity index (χ4v) is 2.75. The SMILES string of the molecule is N=C(N)N.NN.NN.NN.NN.O=[N+]([O-])[Co-3]([N+](=O)[O-])([N+](=O)[O-])([N+](=O)[O-])([N+](=O)[O-])[N+](=O)[O-].O=[N+]([O-])[O-].[Na+].[Na+].[Na+].[Na+]. The summed E-state index contributed by atoms with van der Waals surface area (Å²) in [5, 5.41) is 84.0. The summed E-state index contributed by atoms with van der Waals surface area (Å²) in [4.78, 5) is 71.4. The predicted molar refractivity (Wildman–Crippen MR) is 102 cm³/mol. The van der Waals surface area contributed by atoms with Crippen LogP contribution >= 0.6 is 0 Å². The Labute approximate surface area is 301 Å². The van der Waals surface area contributed by atoms with Gasteiger partial charge in [-0.2, -0.15) is 0 Å². The molecule has 0 aromatic rings. The maximum Gasteiger partial charge on any atom is 1.00 e. The van der Waals surface area contributed by atoms with Crippen LogP contribution in [0.4, 0.5) is 0 Å². The largest absolute Gasteiger partial charge is 1.00 e. The first-order valence-corrected chi connectivity index (χ1v) is 8.59. The first-order valence-electron chi connectivity index (χ1n) is 5.79. The summed E-state index contributed by atoms with van der Waals surface area (Å²) in [6.07, 6.45) is 0. The molecule has 0 saturated heterocycles. The van der Waals surface area contributed by atoms with E-state index >= 15 is 0 Å². The minimum absolute atomic E-state index is 0. The van der Waals surface area contributed by atoms with Gasteiger partial charge in [-0.15, -0.1) is 0 Å². The molecule has 0 aromatic carbocycles. The van der Waals surface area contributed by atoms with Crippen molar-refractivity contribution in [1.29, 1.82) is 5.41 Å². The number of nitrogens with one attached hydrogen (secondary N) is 1. The fourth-order valence-electron chi connectivity index (χ4n) is 0.667. The monoisotopic (exact) mass is 676 g/mol. The standard InChI is InChI=1S/CH5N3.Co.4H4N2.NO3.6NO2.4Na/c2-1(3)4;;4*1-2;2-1(3)4;6*2-1-3;;;;/h(H5,2,3,4);;4*1-2H2;;;;;;;;;;;/q;-3;;;;;-1;;;;;;;4*+1. The Morgan fingerprint density at radius 1 is 0.436 bits per heavy atom. The zero-order valence-electron chi connectivity index (χ0n) is 20.4. The van der Waals surface area contributed by atoms with E-state index in [9.17, 15) is 60.7 Å². The summed E-state index contributed by atoms with van der Waals surface area (Å²) >= 11 is -10.3.